The summed E-state index contributed by atoms with van der Waals surface area (Å²) in [6.07, 6.45) is -31.1. The van der Waals surface area contributed by atoms with Crippen molar-refractivity contribution in [2.75, 3.05) is 33.0 Å². The molecule has 9 rings (SSSR count). The topological polar surface area (TPSA) is 415 Å². The average Bonchev–Trinajstić information content (AvgIpc) is 1.91. The number of hydrogen-bond donors (Lipinski definition) is 16. The molecule has 0 unspecified atom stereocenters. The molecule has 0 spiro atoms. The van der Waals surface area contributed by atoms with E-state index in [-0.39, 0.29) is 30.1 Å². The largest absolute Gasteiger partial charge is 0.432 e. The van der Waals surface area contributed by atoms with Gasteiger partial charge in [0.25, 0.3) is 0 Å². The van der Waals surface area contributed by atoms with Crippen LogP contribution in [0.15, 0.2) is 11.6 Å². The summed E-state index contributed by atoms with van der Waals surface area (Å²) >= 11 is 0. The predicted octanol–water partition coefficient (Wildman–Crippen LogP) is -4.48. The first kappa shape index (κ1) is 60.9. The van der Waals surface area contributed by atoms with Gasteiger partial charge in [-0.2, -0.15) is 0 Å². The Kier molecular flexibility index (Phi) is 17.2. The fraction of sp³-hybridized carbons (Fsp3) is 0.943. The number of carbonyl (C=O) groups excluding carboxylic acids is 1. The van der Waals surface area contributed by atoms with Crippen LogP contribution in [0.4, 0.5) is 0 Å². The molecule has 0 aromatic carbocycles. The molecule has 16 N–H and O–H groups in total. The van der Waals surface area contributed by atoms with Crippen LogP contribution >= 0.6 is 0 Å². The molecule has 0 amide bonds. The number of ether oxygens (including phenoxy) is 8. The lowest BCUT2D eigenvalue weighted by molar-refractivity contribution is -0.384. The molecule has 30 atom stereocenters. The zero-order chi connectivity index (χ0) is 57.1. The smallest absolute Gasteiger partial charge is 0.315 e. The second kappa shape index (κ2) is 22.0. The van der Waals surface area contributed by atoms with Gasteiger partial charge in [-0.1, -0.05) is 53.2 Å². The van der Waals surface area contributed by atoms with E-state index in [1.165, 1.54) is 0 Å². The molecular formula is C53H86O25. The molecule has 4 heterocycles. The third-order valence-corrected chi connectivity index (χ3v) is 21.0. The minimum Gasteiger partial charge on any atom is -0.432 e. The summed E-state index contributed by atoms with van der Waals surface area (Å²) in [5, 5.41) is 175. The average molecular weight is 1120 g/mol. The van der Waals surface area contributed by atoms with Crippen LogP contribution < -0.4 is 0 Å². The maximum atomic E-state index is 14.8. The lowest BCUT2D eigenvalue weighted by Crippen LogP contribution is -2.72. The van der Waals surface area contributed by atoms with Crippen LogP contribution in [-0.2, 0) is 42.7 Å². The standard InChI is InChI=1S/C53H86O25/c1-48(2)9-11-53(47(70)78-45-39(69)35(65)32(62)27(17-55)74-45)12-10-51(5)21(22(53)13-48)7-8-29-49(3)14-24(58)42(50(4,20-56)41(49)23(57)15-52(29,51)6)77-46-40(76-44-37(67)30(60)25(59)18-71-44)36(66)33(63)28(75-46)19-72-43-38(68)34(64)31(61)26(16-54)73-43/h7,22-46,54-69H,8-20H2,1-6H3/t22-,23+,24-,25-,26+,27+,28+,29+,30-,31+,32+,33+,34-,35-,36-,37+,38+,39+,40+,41+,42-,43+,44-,45-,46-,49+,50-,51+,52+,53-/m0/s1. The number of esters is 1. The van der Waals surface area contributed by atoms with Gasteiger partial charge in [-0.25, -0.2) is 0 Å². The number of allylic oxidation sites excluding steroid dienone is 2. The number of carbonyl (C=O) groups is 1. The molecular weight excluding hydrogens is 1040 g/mol. The van der Waals surface area contributed by atoms with Gasteiger partial charge in [0, 0.05) is 11.3 Å². The molecule has 4 saturated carbocycles. The van der Waals surface area contributed by atoms with E-state index in [2.05, 4.69) is 33.8 Å². The Labute approximate surface area is 452 Å². The highest BCUT2D eigenvalue weighted by atomic mass is 16.8. The van der Waals surface area contributed by atoms with Crippen LogP contribution in [0.5, 0.6) is 0 Å². The molecule has 4 aliphatic heterocycles. The Balaban J connectivity index is 1.01. The molecule has 0 radical (unpaired) electrons. The van der Waals surface area contributed by atoms with Crippen LogP contribution in [0.3, 0.4) is 0 Å². The second-order valence-corrected chi connectivity index (χ2v) is 26.0. The third-order valence-electron chi connectivity index (χ3n) is 21.0. The van der Waals surface area contributed by atoms with E-state index in [0.29, 0.717) is 38.5 Å². The summed E-state index contributed by atoms with van der Waals surface area (Å²) in [6.45, 7) is 8.91. The second-order valence-electron chi connectivity index (χ2n) is 26.0. The predicted molar refractivity (Wildman–Crippen MR) is 261 cm³/mol. The van der Waals surface area contributed by atoms with E-state index in [1.807, 2.05) is 6.92 Å². The maximum absolute atomic E-state index is 14.8. The molecule has 0 bridgehead atoms. The number of rotatable bonds is 12. The zero-order valence-electron chi connectivity index (χ0n) is 45.0. The van der Waals surface area contributed by atoms with Crippen LogP contribution in [-0.4, -0.2) is 256 Å². The SMILES string of the molecule is CC1(C)CC[C@]2(C(=O)O[C@@H]3O[C@H](CO)[C@@H](O)[C@H](O)[C@H]3O)CC[C@]3(C)C(=CC[C@@H]4[C@@]5(C)C[C@H](O)[C@H](O[C@@H]6O[C@H](CO[C@@H]7O[C@H](CO)[C@@H](O)[C@H](O)[C@H]7O)[C@@H](O)[C@H](O)[C@H]6O[C@@H]6OC[C@H](O)[C@H](O)[C@H]6O)[C@@](C)(CO)[C@@H]5[C@H](O)C[C@]43C)[C@@H]2C1. The normalized spacial score (nSPS) is 55.1. The van der Waals surface area contributed by atoms with Crippen LogP contribution in [0.1, 0.15) is 92.9 Å². The van der Waals surface area contributed by atoms with E-state index in [1.54, 1.807) is 6.92 Å². The highest BCUT2D eigenvalue weighted by Crippen LogP contribution is 2.76. The Bertz CT molecular complexity index is 2150. The quantitative estimate of drug-likeness (QED) is 0.0498. The lowest BCUT2D eigenvalue weighted by atomic mass is 9.33. The Morgan fingerprint density at radius 3 is 1.79 bits per heavy atom. The van der Waals surface area contributed by atoms with Crippen molar-refractivity contribution < 1.29 is 124 Å². The van der Waals surface area contributed by atoms with Crippen molar-refractivity contribution in [3.05, 3.63) is 11.6 Å². The molecule has 8 fully saturated rings. The summed E-state index contributed by atoms with van der Waals surface area (Å²) in [7, 11) is 0. The molecule has 448 valence electrons. The molecule has 4 saturated heterocycles. The van der Waals surface area contributed by atoms with Crippen molar-refractivity contribution in [3.8, 4) is 0 Å². The van der Waals surface area contributed by atoms with Crippen LogP contribution in [0.25, 0.3) is 0 Å². The van der Waals surface area contributed by atoms with E-state index >= 15 is 0 Å². The van der Waals surface area contributed by atoms with Gasteiger partial charge in [-0.15, -0.1) is 0 Å². The monoisotopic (exact) mass is 1120 g/mol. The van der Waals surface area contributed by atoms with Crippen molar-refractivity contribution in [1.29, 1.82) is 0 Å². The molecule has 78 heavy (non-hydrogen) atoms. The van der Waals surface area contributed by atoms with Crippen LogP contribution in [0.2, 0.25) is 0 Å². The fourth-order valence-corrected chi connectivity index (χ4v) is 16.4. The van der Waals surface area contributed by atoms with Crippen molar-refractivity contribution in [2.24, 2.45) is 50.2 Å². The van der Waals surface area contributed by atoms with Gasteiger partial charge >= 0.3 is 5.97 Å². The van der Waals surface area contributed by atoms with Gasteiger partial charge in [-0.05, 0) is 84.9 Å². The van der Waals surface area contributed by atoms with E-state index < -0.39 is 207 Å². The summed E-state index contributed by atoms with van der Waals surface area (Å²) in [5.41, 5.74) is -4.06. The number of hydrogen-bond acceptors (Lipinski definition) is 25. The lowest BCUT2D eigenvalue weighted by Gasteiger charge is -2.72. The first-order valence-electron chi connectivity index (χ1n) is 27.6. The first-order valence-corrected chi connectivity index (χ1v) is 27.6. The van der Waals surface area contributed by atoms with Gasteiger partial charge in [-0.3, -0.25) is 4.79 Å². The summed E-state index contributed by atoms with van der Waals surface area (Å²) < 4.78 is 47.2. The minimum absolute atomic E-state index is 0.00190. The third kappa shape index (κ3) is 9.75. The number of aliphatic hydroxyl groups is 16. The summed E-state index contributed by atoms with van der Waals surface area (Å²) in [6, 6.07) is 0. The Hall–Kier alpha value is -1.71. The van der Waals surface area contributed by atoms with Gasteiger partial charge in [0.05, 0.1) is 56.8 Å². The van der Waals surface area contributed by atoms with E-state index in [9.17, 15) is 86.5 Å². The van der Waals surface area contributed by atoms with E-state index in [0.717, 1.165) is 5.57 Å². The zero-order valence-corrected chi connectivity index (χ0v) is 45.0. The van der Waals surface area contributed by atoms with Crippen molar-refractivity contribution in [2.45, 2.75) is 228 Å². The molecule has 0 aromatic heterocycles. The minimum atomic E-state index is -1.98. The van der Waals surface area contributed by atoms with Crippen LogP contribution in [0, 0.1) is 50.2 Å². The Morgan fingerprint density at radius 2 is 1.17 bits per heavy atom. The number of fused-ring (bicyclic) bond motifs is 7. The highest BCUT2D eigenvalue weighted by molar-refractivity contribution is 5.79. The highest BCUT2D eigenvalue weighted by Gasteiger charge is 2.73. The van der Waals surface area contributed by atoms with Gasteiger partial charge < -0.3 is 120 Å². The molecule has 25 heteroatoms. The molecule has 5 aliphatic carbocycles. The van der Waals surface area contributed by atoms with Gasteiger partial charge in [0.2, 0.25) is 6.29 Å². The molecule has 0 aromatic rings. The van der Waals surface area contributed by atoms with Crippen molar-refractivity contribution in [3.63, 3.8) is 0 Å². The van der Waals surface area contributed by atoms with Gasteiger partial charge in [0.1, 0.15) is 91.6 Å². The van der Waals surface area contributed by atoms with Gasteiger partial charge in [0.15, 0.2) is 18.9 Å². The molecule has 9 aliphatic rings. The summed E-state index contributed by atoms with van der Waals surface area (Å²) in [4.78, 5) is 14.8. The summed E-state index contributed by atoms with van der Waals surface area (Å²) in [5.74, 6) is -2.04. The molecule has 25 nitrogen and oxygen atoms in total. The Morgan fingerprint density at radius 1 is 0.590 bits per heavy atom. The van der Waals surface area contributed by atoms with Crippen molar-refractivity contribution in [1.82, 2.24) is 0 Å². The van der Waals surface area contributed by atoms with Crippen molar-refractivity contribution >= 4 is 5.97 Å². The maximum Gasteiger partial charge on any atom is 0.315 e. The fourth-order valence-electron chi connectivity index (χ4n) is 16.4. The number of aliphatic hydroxyl groups excluding tert-OH is 16. The van der Waals surface area contributed by atoms with E-state index in [4.69, 9.17) is 37.9 Å². The first-order chi connectivity index (χ1) is 36.5.